The zero-order chi connectivity index (χ0) is 11.6. The van der Waals surface area contributed by atoms with Crippen molar-refractivity contribution in [3.05, 3.63) is 35.9 Å². The third-order valence-electron chi connectivity index (χ3n) is 2.76. The minimum absolute atomic E-state index is 0.602. The van der Waals surface area contributed by atoms with E-state index in [1.165, 1.54) is 5.56 Å². The first-order valence-corrected chi connectivity index (χ1v) is 5.97. The van der Waals surface area contributed by atoms with Crippen LogP contribution in [0.2, 0.25) is 0 Å². The molecule has 2 nitrogen and oxygen atoms in total. The Morgan fingerprint density at radius 2 is 2.00 bits per heavy atom. The van der Waals surface area contributed by atoms with Gasteiger partial charge in [-0.1, -0.05) is 37.3 Å². The Hall–Kier alpha value is -1.33. The second-order valence-corrected chi connectivity index (χ2v) is 4.11. The maximum Gasteiger partial charge on any atom is 0.0622 e. The average molecular weight is 216 g/mol. The van der Waals surface area contributed by atoms with Gasteiger partial charge < -0.3 is 5.32 Å². The number of nitriles is 1. The van der Waals surface area contributed by atoms with Crippen LogP contribution in [0.5, 0.6) is 0 Å². The lowest BCUT2D eigenvalue weighted by molar-refractivity contribution is 0.584. The minimum atomic E-state index is 0.602. The average Bonchev–Trinajstić information content (AvgIpc) is 2.34. The van der Waals surface area contributed by atoms with Gasteiger partial charge in [0.2, 0.25) is 0 Å². The lowest BCUT2D eigenvalue weighted by Gasteiger charge is -2.11. The highest BCUT2D eigenvalue weighted by Crippen LogP contribution is 2.17. The van der Waals surface area contributed by atoms with Crippen LogP contribution in [0.4, 0.5) is 0 Å². The van der Waals surface area contributed by atoms with E-state index in [1.807, 2.05) is 0 Å². The van der Waals surface area contributed by atoms with E-state index in [9.17, 15) is 0 Å². The van der Waals surface area contributed by atoms with Crippen LogP contribution in [0.3, 0.4) is 0 Å². The smallest absolute Gasteiger partial charge is 0.0622 e. The summed E-state index contributed by atoms with van der Waals surface area (Å²) in [6.07, 6.45) is 2.76. The quantitative estimate of drug-likeness (QED) is 0.711. The van der Waals surface area contributed by atoms with E-state index in [-0.39, 0.29) is 0 Å². The van der Waals surface area contributed by atoms with Gasteiger partial charge in [0, 0.05) is 6.42 Å². The molecule has 0 amide bonds. The van der Waals surface area contributed by atoms with Crippen molar-refractivity contribution in [1.29, 1.82) is 5.26 Å². The van der Waals surface area contributed by atoms with Crippen LogP contribution in [-0.4, -0.2) is 13.1 Å². The molecular formula is C14H20N2. The first kappa shape index (κ1) is 12.7. The van der Waals surface area contributed by atoms with Gasteiger partial charge in [0.05, 0.1) is 6.07 Å². The molecule has 1 atom stereocenters. The molecule has 1 N–H and O–H groups in total. The van der Waals surface area contributed by atoms with Gasteiger partial charge in [-0.3, -0.25) is 0 Å². The normalized spacial score (nSPS) is 12.0. The number of unbranched alkanes of at least 4 members (excludes halogenated alkanes) is 1. The molecule has 1 aromatic carbocycles. The third kappa shape index (κ3) is 4.95. The molecule has 0 heterocycles. The van der Waals surface area contributed by atoms with Gasteiger partial charge in [-0.15, -0.1) is 0 Å². The summed E-state index contributed by atoms with van der Waals surface area (Å²) in [7, 11) is 0. The molecule has 2 heteroatoms. The van der Waals surface area contributed by atoms with Crippen molar-refractivity contribution in [1.82, 2.24) is 5.32 Å². The van der Waals surface area contributed by atoms with E-state index >= 15 is 0 Å². The molecule has 0 aliphatic rings. The summed E-state index contributed by atoms with van der Waals surface area (Å²) in [6, 6.07) is 12.7. The predicted octanol–water partition coefficient (Wildman–Crippen LogP) is 3.07. The van der Waals surface area contributed by atoms with Crippen LogP contribution in [0.25, 0.3) is 0 Å². The summed E-state index contributed by atoms with van der Waals surface area (Å²) >= 11 is 0. The first-order chi connectivity index (χ1) is 7.84. The molecule has 0 bridgehead atoms. The maximum atomic E-state index is 8.38. The van der Waals surface area contributed by atoms with Crippen LogP contribution in [0.1, 0.15) is 37.7 Å². The second kappa shape index (κ2) is 7.90. The molecule has 0 aliphatic carbocycles. The van der Waals surface area contributed by atoms with Crippen LogP contribution in [0, 0.1) is 11.3 Å². The van der Waals surface area contributed by atoms with Crippen molar-refractivity contribution in [3.8, 4) is 6.07 Å². The Balaban J connectivity index is 2.12. The second-order valence-electron chi connectivity index (χ2n) is 4.11. The Labute approximate surface area is 98.3 Å². The Morgan fingerprint density at radius 3 is 2.69 bits per heavy atom. The lowest BCUT2D eigenvalue weighted by atomic mass is 9.98. The van der Waals surface area contributed by atoms with Crippen LogP contribution in [0.15, 0.2) is 30.3 Å². The number of nitrogens with one attached hydrogen (secondary N) is 1. The number of rotatable bonds is 7. The van der Waals surface area contributed by atoms with Crippen LogP contribution in [-0.2, 0) is 0 Å². The van der Waals surface area contributed by atoms with E-state index in [0.29, 0.717) is 12.3 Å². The number of benzene rings is 1. The highest BCUT2D eigenvalue weighted by molar-refractivity contribution is 5.18. The topological polar surface area (TPSA) is 35.8 Å². The minimum Gasteiger partial charge on any atom is -0.317 e. The molecule has 1 rings (SSSR count). The fourth-order valence-corrected chi connectivity index (χ4v) is 1.68. The van der Waals surface area contributed by atoms with Crippen molar-refractivity contribution < 1.29 is 0 Å². The van der Waals surface area contributed by atoms with Crippen molar-refractivity contribution in [2.75, 3.05) is 13.1 Å². The fourth-order valence-electron chi connectivity index (χ4n) is 1.68. The number of hydrogen-bond donors (Lipinski definition) is 1. The molecule has 0 spiro atoms. The molecule has 0 fully saturated rings. The highest BCUT2D eigenvalue weighted by atomic mass is 14.8. The van der Waals surface area contributed by atoms with Crippen molar-refractivity contribution in [2.24, 2.45) is 0 Å². The molecule has 0 saturated carbocycles. The van der Waals surface area contributed by atoms with E-state index in [0.717, 1.165) is 25.9 Å². The van der Waals surface area contributed by atoms with Gasteiger partial charge in [-0.25, -0.2) is 0 Å². The molecule has 0 aromatic heterocycles. The SMILES string of the molecule is CC(CCNCCCC#N)c1ccccc1. The van der Waals surface area contributed by atoms with E-state index in [4.69, 9.17) is 5.26 Å². The number of hydrogen-bond acceptors (Lipinski definition) is 2. The Bertz CT molecular complexity index is 313. The molecule has 0 saturated heterocycles. The summed E-state index contributed by atoms with van der Waals surface area (Å²) in [5.41, 5.74) is 1.40. The summed E-state index contributed by atoms with van der Waals surface area (Å²) in [5.74, 6) is 0.602. The Morgan fingerprint density at radius 1 is 1.25 bits per heavy atom. The predicted molar refractivity (Wildman–Crippen MR) is 67.2 cm³/mol. The molecule has 86 valence electrons. The molecule has 0 aliphatic heterocycles. The van der Waals surface area contributed by atoms with Gasteiger partial charge in [0.15, 0.2) is 0 Å². The molecule has 1 unspecified atom stereocenters. The van der Waals surface area contributed by atoms with Gasteiger partial charge in [-0.05, 0) is 37.4 Å². The van der Waals surface area contributed by atoms with Crippen molar-refractivity contribution in [3.63, 3.8) is 0 Å². The van der Waals surface area contributed by atoms with E-state index < -0.39 is 0 Å². The van der Waals surface area contributed by atoms with Crippen LogP contribution >= 0.6 is 0 Å². The molecule has 16 heavy (non-hydrogen) atoms. The summed E-state index contributed by atoms with van der Waals surface area (Å²) in [5, 5.41) is 11.8. The van der Waals surface area contributed by atoms with Gasteiger partial charge in [-0.2, -0.15) is 5.26 Å². The van der Waals surface area contributed by atoms with E-state index in [1.54, 1.807) is 0 Å². The molecule has 1 aromatic rings. The van der Waals surface area contributed by atoms with Crippen LogP contribution < -0.4 is 5.32 Å². The molecular weight excluding hydrogens is 196 g/mol. The van der Waals surface area contributed by atoms with E-state index in [2.05, 4.69) is 48.6 Å². The first-order valence-electron chi connectivity index (χ1n) is 5.97. The van der Waals surface area contributed by atoms with Crippen molar-refractivity contribution in [2.45, 2.75) is 32.1 Å². The number of nitrogens with zero attached hydrogens (tertiary/aromatic N) is 1. The zero-order valence-corrected chi connectivity index (χ0v) is 9.95. The third-order valence-corrected chi connectivity index (χ3v) is 2.76. The zero-order valence-electron chi connectivity index (χ0n) is 9.95. The van der Waals surface area contributed by atoms with Crippen molar-refractivity contribution >= 4 is 0 Å². The fraction of sp³-hybridized carbons (Fsp3) is 0.500. The van der Waals surface area contributed by atoms with Gasteiger partial charge >= 0.3 is 0 Å². The van der Waals surface area contributed by atoms with Gasteiger partial charge in [0.1, 0.15) is 0 Å². The maximum absolute atomic E-state index is 8.38. The highest BCUT2D eigenvalue weighted by Gasteiger charge is 2.03. The largest absolute Gasteiger partial charge is 0.317 e. The summed E-state index contributed by atoms with van der Waals surface area (Å²) in [6.45, 7) is 4.24. The van der Waals surface area contributed by atoms with Gasteiger partial charge in [0.25, 0.3) is 0 Å². The summed E-state index contributed by atoms with van der Waals surface area (Å²) in [4.78, 5) is 0. The standard InChI is InChI=1S/C14H20N2/c1-13(14-7-3-2-4-8-14)9-12-16-11-6-5-10-15/h2-4,7-8,13,16H,5-6,9,11-12H2,1H3. The summed E-state index contributed by atoms with van der Waals surface area (Å²) < 4.78 is 0. The Kier molecular flexibility index (Phi) is 6.29. The monoisotopic (exact) mass is 216 g/mol. The lowest BCUT2D eigenvalue weighted by Crippen LogP contribution is -2.18. The molecule has 0 radical (unpaired) electrons.